The zero-order valence-electron chi connectivity index (χ0n) is 9.65. The predicted octanol–water partition coefficient (Wildman–Crippen LogP) is 0.462. The fraction of sp³-hybridized carbons (Fsp3) is 0.462. The van der Waals surface area contributed by atoms with Gasteiger partial charge < -0.3 is 14.8 Å². The second kappa shape index (κ2) is 4.37. The zero-order chi connectivity index (χ0) is 11.7. The van der Waals surface area contributed by atoms with Crippen molar-refractivity contribution in [1.29, 1.82) is 0 Å². The van der Waals surface area contributed by atoms with Gasteiger partial charge >= 0.3 is 5.97 Å². The molecule has 3 rings (SSSR count). The Bertz CT molecular complexity index is 438. The highest BCUT2D eigenvalue weighted by atomic mass is 16.5. The van der Waals surface area contributed by atoms with E-state index >= 15 is 0 Å². The van der Waals surface area contributed by atoms with Crippen LogP contribution in [-0.4, -0.2) is 25.2 Å². The molecule has 0 spiro atoms. The first-order chi connectivity index (χ1) is 8.33. The minimum atomic E-state index is -0.223. The Kier molecular flexibility index (Phi) is 2.73. The SMILES string of the molecule is O=C1OCc2cc(OC3CC[NH2+]CC3)ccc21. The van der Waals surface area contributed by atoms with Crippen LogP contribution in [0.15, 0.2) is 18.2 Å². The summed E-state index contributed by atoms with van der Waals surface area (Å²) >= 11 is 0. The Morgan fingerprint density at radius 2 is 2.12 bits per heavy atom. The number of cyclic esters (lactones) is 1. The van der Waals surface area contributed by atoms with E-state index in [1.807, 2.05) is 12.1 Å². The topological polar surface area (TPSA) is 52.1 Å². The lowest BCUT2D eigenvalue weighted by atomic mass is 10.1. The molecule has 2 heterocycles. The third kappa shape index (κ3) is 2.13. The van der Waals surface area contributed by atoms with Crippen LogP contribution in [-0.2, 0) is 11.3 Å². The van der Waals surface area contributed by atoms with Gasteiger partial charge in [0.1, 0.15) is 18.5 Å². The molecule has 1 fully saturated rings. The molecule has 4 heteroatoms. The molecular formula is C13H16NO3+. The van der Waals surface area contributed by atoms with Crippen LogP contribution in [0.2, 0.25) is 0 Å². The average Bonchev–Trinajstić information content (AvgIpc) is 2.72. The summed E-state index contributed by atoms with van der Waals surface area (Å²) in [6.07, 6.45) is 2.50. The average molecular weight is 234 g/mol. The molecule has 1 aromatic rings. The first kappa shape index (κ1) is 10.6. The first-order valence-electron chi connectivity index (χ1n) is 6.11. The van der Waals surface area contributed by atoms with Crippen LogP contribution in [0.5, 0.6) is 5.75 Å². The van der Waals surface area contributed by atoms with Gasteiger partial charge in [-0.2, -0.15) is 0 Å². The Hall–Kier alpha value is -1.55. The highest BCUT2D eigenvalue weighted by molar-refractivity contribution is 5.93. The maximum atomic E-state index is 11.3. The summed E-state index contributed by atoms with van der Waals surface area (Å²) in [4.78, 5) is 11.3. The monoisotopic (exact) mass is 234 g/mol. The molecule has 0 unspecified atom stereocenters. The van der Waals surface area contributed by atoms with Crippen molar-refractivity contribution in [3.63, 3.8) is 0 Å². The molecule has 17 heavy (non-hydrogen) atoms. The smallest absolute Gasteiger partial charge is 0.338 e. The molecule has 0 bridgehead atoms. The second-order valence-electron chi connectivity index (χ2n) is 4.58. The van der Waals surface area contributed by atoms with Gasteiger partial charge in [0.15, 0.2) is 0 Å². The molecule has 1 saturated heterocycles. The number of quaternary nitrogens is 1. The molecule has 0 saturated carbocycles. The summed E-state index contributed by atoms with van der Waals surface area (Å²) in [6.45, 7) is 2.65. The molecule has 0 aliphatic carbocycles. The third-order valence-electron chi connectivity index (χ3n) is 3.34. The number of fused-ring (bicyclic) bond motifs is 1. The number of benzene rings is 1. The fourth-order valence-corrected chi connectivity index (χ4v) is 2.39. The molecule has 4 nitrogen and oxygen atoms in total. The van der Waals surface area contributed by atoms with E-state index in [9.17, 15) is 4.79 Å². The summed E-state index contributed by atoms with van der Waals surface area (Å²) in [5.74, 6) is 0.632. The van der Waals surface area contributed by atoms with Crippen molar-refractivity contribution in [3.8, 4) is 5.75 Å². The van der Waals surface area contributed by atoms with E-state index in [0.717, 1.165) is 37.2 Å². The van der Waals surface area contributed by atoms with Crippen LogP contribution < -0.4 is 10.1 Å². The Labute approximate surface area is 99.9 Å². The lowest BCUT2D eigenvalue weighted by Crippen LogP contribution is -2.86. The summed E-state index contributed by atoms with van der Waals surface area (Å²) in [7, 11) is 0. The van der Waals surface area contributed by atoms with Crippen LogP contribution >= 0.6 is 0 Å². The Balaban J connectivity index is 1.73. The molecule has 0 atom stereocenters. The van der Waals surface area contributed by atoms with E-state index in [0.29, 0.717) is 18.3 Å². The molecule has 2 aliphatic heterocycles. The van der Waals surface area contributed by atoms with E-state index in [4.69, 9.17) is 9.47 Å². The second-order valence-corrected chi connectivity index (χ2v) is 4.58. The molecule has 2 N–H and O–H groups in total. The lowest BCUT2D eigenvalue weighted by Gasteiger charge is -2.21. The normalized spacial score (nSPS) is 19.9. The Morgan fingerprint density at radius 1 is 1.29 bits per heavy atom. The Morgan fingerprint density at radius 3 is 2.94 bits per heavy atom. The van der Waals surface area contributed by atoms with Gasteiger partial charge in [-0.25, -0.2) is 4.79 Å². The summed E-state index contributed by atoms with van der Waals surface area (Å²) in [5.41, 5.74) is 1.61. The number of carbonyl (C=O) groups excluding carboxylic acids is 1. The van der Waals surface area contributed by atoms with E-state index in [1.54, 1.807) is 6.07 Å². The van der Waals surface area contributed by atoms with Gasteiger partial charge in [0.25, 0.3) is 0 Å². The van der Waals surface area contributed by atoms with Crippen LogP contribution in [0.1, 0.15) is 28.8 Å². The van der Waals surface area contributed by atoms with E-state index in [-0.39, 0.29) is 5.97 Å². The minimum absolute atomic E-state index is 0.223. The van der Waals surface area contributed by atoms with Crippen molar-refractivity contribution in [3.05, 3.63) is 29.3 Å². The molecule has 2 aliphatic rings. The maximum Gasteiger partial charge on any atom is 0.338 e. The van der Waals surface area contributed by atoms with E-state index in [2.05, 4.69) is 5.32 Å². The quantitative estimate of drug-likeness (QED) is 0.756. The largest absolute Gasteiger partial charge is 0.490 e. The van der Waals surface area contributed by atoms with Crippen molar-refractivity contribution < 1.29 is 19.6 Å². The first-order valence-corrected chi connectivity index (χ1v) is 6.11. The molecule has 1 aromatic carbocycles. The highest BCUT2D eigenvalue weighted by Crippen LogP contribution is 2.25. The lowest BCUT2D eigenvalue weighted by molar-refractivity contribution is -0.664. The van der Waals surface area contributed by atoms with E-state index in [1.165, 1.54) is 0 Å². The van der Waals surface area contributed by atoms with Crippen molar-refractivity contribution in [2.45, 2.75) is 25.6 Å². The molecule has 0 radical (unpaired) electrons. The van der Waals surface area contributed by atoms with Crippen LogP contribution in [0.25, 0.3) is 0 Å². The van der Waals surface area contributed by atoms with Crippen LogP contribution in [0.4, 0.5) is 0 Å². The predicted molar refractivity (Wildman–Crippen MR) is 60.9 cm³/mol. The molecular weight excluding hydrogens is 218 g/mol. The molecule has 0 aromatic heterocycles. The number of carbonyl (C=O) groups is 1. The van der Waals surface area contributed by atoms with Gasteiger partial charge in [0, 0.05) is 18.4 Å². The molecule has 0 amide bonds. The number of rotatable bonds is 2. The zero-order valence-corrected chi connectivity index (χ0v) is 9.65. The standard InChI is InChI=1S/C13H15NO3/c15-13-12-2-1-11(7-9(12)8-16-13)17-10-3-5-14-6-4-10/h1-2,7,10,14H,3-6,8H2/p+1. The van der Waals surface area contributed by atoms with Crippen molar-refractivity contribution >= 4 is 5.97 Å². The number of piperidine rings is 1. The van der Waals surface area contributed by atoms with E-state index < -0.39 is 0 Å². The van der Waals surface area contributed by atoms with Gasteiger partial charge in [0.2, 0.25) is 0 Å². The number of nitrogens with two attached hydrogens (primary N) is 1. The maximum absolute atomic E-state index is 11.3. The van der Waals surface area contributed by atoms with Gasteiger partial charge in [-0.1, -0.05) is 0 Å². The van der Waals surface area contributed by atoms with Crippen molar-refractivity contribution in [2.24, 2.45) is 0 Å². The van der Waals surface area contributed by atoms with Gasteiger partial charge in [0.05, 0.1) is 18.7 Å². The van der Waals surface area contributed by atoms with Crippen molar-refractivity contribution in [2.75, 3.05) is 13.1 Å². The number of esters is 1. The third-order valence-corrected chi connectivity index (χ3v) is 3.34. The summed E-state index contributed by atoms with van der Waals surface area (Å²) < 4.78 is 10.9. The fourth-order valence-electron chi connectivity index (χ4n) is 2.39. The minimum Gasteiger partial charge on any atom is -0.490 e. The van der Waals surface area contributed by atoms with Gasteiger partial charge in [-0.3, -0.25) is 0 Å². The number of hydrogen-bond acceptors (Lipinski definition) is 3. The van der Waals surface area contributed by atoms with Crippen LogP contribution in [0.3, 0.4) is 0 Å². The van der Waals surface area contributed by atoms with Crippen molar-refractivity contribution in [1.82, 2.24) is 0 Å². The van der Waals surface area contributed by atoms with Gasteiger partial charge in [-0.05, 0) is 18.2 Å². The van der Waals surface area contributed by atoms with Gasteiger partial charge in [-0.15, -0.1) is 0 Å². The molecule has 90 valence electrons. The number of ether oxygens (including phenoxy) is 2. The number of hydrogen-bond donors (Lipinski definition) is 1. The highest BCUT2D eigenvalue weighted by Gasteiger charge is 2.22. The van der Waals surface area contributed by atoms with Crippen LogP contribution in [0, 0.1) is 0 Å². The summed E-state index contributed by atoms with van der Waals surface area (Å²) in [5, 5.41) is 2.31. The summed E-state index contributed by atoms with van der Waals surface area (Å²) in [6, 6.07) is 5.59.